The second-order valence-corrected chi connectivity index (χ2v) is 6.94. The topological polar surface area (TPSA) is 51.2 Å². The number of nitrogens with one attached hydrogen (secondary N) is 1. The Morgan fingerprint density at radius 2 is 1.92 bits per heavy atom. The standard InChI is InChI=1S/C21H22N2O2S/c1-15-14-26-21(23-15)18-9-7-16(8-10-18)13-22-20(24)12-11-17-5-3-4-6-19(17)25-2/h3-10,14H,11-13H2,1-2H3,(H,22,24). The highest BCUT2D eigenvalue weighted by molar-refractivity contribution is 7.13. The predicted molar refractivity (Wildman–Crippen MR) is 105 cm³/mol. The van der Waals surface area contributed by atoms with Gasteiger partial charge in [-0.1, -0.05) is 42.5 Å². The van der Waals surface area contributed by atoms with E-state index in [9.17, 15) is 4.79 Å². The van der Waals surface area contributed by atoms with E-state index in [0.717, 1.165) is 33.1 Å². The van der Waals surface area contributed by atoms with Crippen LogP contribution >= 0.6 is 11.3 Å². The third-order valence-corrected chi connectivity index (χ3v) is 5.13. The molecule has 1 heterocycles. The van der Waals surface area contributed by atoms with E-state index in [1.54, 1.807) is 18.4 Å². The van der Waals surface area contributed by atoms with Gasteiger partial charge in [-0.3, -0.25) is 4.79 Å². The lowest BCUT2D eigenvalue weighted by Crippen LogP contribution is -2.23. The van der Waals surface area contributed by atoms with E-state index in [1.807, 2.05) is 48.7 Å². The summed E-state index contributed by atoms with van der Waals surface area (Å²) in [6, 6.07) is 16.0. The first-order chi connectivity index (χ1) is 12.7. The quantitative estimate of drug-likeness (QED) is 0.675. The van der Waals surface area contributed by atoms with Gasteiger partial charge in [0.05, 0.1) is 7.11 Å². The van der Waals surface area contributed by atoms with Gasteiger partial charge in [0.1, 0.15) is 10.8 Å². The van der Waals surface area contributed by atoms with Crippen LogP contribution in [0.5, 0.6) is 5.75 Å². The van der Waals surface area contributed by atoms with E-state index < -0.39 is 0 Å². The van der Waals surface area contributed by atoms with Crippen LogP contribution in [0.25, 0.3) is 10.6 Å². The molecule has 1 N–H and O–H groups in total. The van der Waals surface area contributed by atoms with Crippen LogP contribution in [-0.4, -0.2) is 18.0 Å². The SMILES string of the molecule is COc1ccccc1CCC(=O)NCc1ccc(-c2nc(C)cs2)cc1. The zero-order chi connectivity index (χ0) is 18.4. The fraction of sp³-hybridized carbons (Fsp3) is 0.238. The molecule has 0 unspecified atom stereocenters. The van der Waals surface area contributed by atoms with Crippen molar-refractivity contribution in [3.63, 3.8) is 0 Å². The third-order valence-electron chi connectivity index (χ3n) is 4.12. The van der Waals surface area contributed by atoms with Crippen LogP contribution in [0.4, 0.5) is 0 Å². The summed E-state index contributed by atoms with van der Waals surface area (Å²) in [5, 5.41) is 6.05. The van der Waals surface area contributed by atoms with Gasteiger partial charge in [0.15, 0.2) is 0 Å². The van der Waals surface area contributed by atoms with Gasteiger partial charge in [-0.15, -0.1) is 11.3 Å². The summed E-state index contributed by atoms with van der Waals surface area (Å²) in [5.74, 6) is 0.865. The van der Waals surface area contributed by atoms with E-state index in [-0.39, 0.29) is 5.91 Å². The fourth-order valence-electron chi connectivity index (χ4n) is 2.70. The van der Waals surface area contributed by atoms with Crippen LogP contribution < -0.4 is 10.1 Å². The van der Waals surface area contributed by atoms with Crippen molar-refractivity contribution in [1.82, 2.24) is 10.3 Å². The van der Waals surface area contributed by atoms with Crippen molar-refractivity contribution in [1.29, 1.82) is 0 Å². The monoisotopic (exact) mass is 366 g/mol. The number of thiazole rings is 1. The van der Waals surface area contributed by atoms with Crippen LogP contribution in [-0.2, 0) is 17.8 Å². The van der Waals surface area contributed by atoms with Crippen molar-refractivity contribution in [2.24, 2.45) is 0 Å². The second kappa shape index (κ2) is 8.63. The lowest BCUT2D eigenvalue weighted by atomic mass is 10.1. The van der Waals surface area contributed by atoms with E-state index in [1.165, 1.54) is 0 Å². The molecule has 0 spiro atoms. The molecular weight excluding hydrogens is 344 g/mol. The first kappa shape index (κ1) is 18.1. The lowest BCUT2D eigenvalue weighted by Gasteiger charge is -2.09. The molecule has 1 amide bonds. The number of carbonyl (C=O) groups is 1. The molecule has 2 aromatic carbocycles. The fourth-order valence-corrected chi connectivity index (χ4v) is 3.50. The Balaban J connectivity index is 1.50. The van der Waals surface area contributed by atoms with Crippen LogP contribution in [0, 0.1) is 6.92 Å². The summed E-state index contributed by atoms with van der Waals surface area (Å²) in [4.78, 5) is 16.6. The molecule has 134 valence electrons. The Kier molecular flexibility index (Phi) is 6.02. The molecule has 3 aromatic rings. The van der Waals surface area contributed by atoms with Gasteiger partial charge in [0.2, 0.25) is 5.91 Å². The Hall–Kier alpha value is -2.66. The third kappa shape index (κ3) is 4.70. The van der Waals surface area contributed by atoms with Crippen molar-refractivity contribution in [3.8, 4) is 16.3 Å². The lowest BCUT2D eigenvalue weighted by molar-refractivity contribution is -0.121. The van der Waals surface area contributed by atoms with Gasteiger partial charge in [-0.05, 0) is 30.5 Å². The minimum Gasteiger partial charge on any atom is -0.496 e. The molecule has 0 aliphatic rings. The maximum Gasteiger partial charge on any atom is 0.220 e. The minimum atomic E-state index is 0.0375. The molecule has 1 aromatic heterocycles. The zero-order valence-corrected chi connectivity index (χ0v) is 15.8. The molecule has 0 aliphatic carbocycles. The number of para-hydroxylation sites is 1. The first-order valence-electron chi connectivity index (χ1n) is 8.56. The Labute approximate surface area is 157 Å². The maximum atomic E-state index is 12.1. The highest BCUT2D eigenvalue weighted by Crippen LogP contribution is 2.23. The largest absolute Gasteiger partial charge is 0.496 e. The van der Waals surface area contributed by atoms with Crippen LogP contribution in [0.1, 0.15) is 23.2 Å². The number of hydrogen-bond acceptors (Lipinski definition) is 4. The Bertz CT molecular complexity index is 872. The number of aryl methyl sites for hydroxylation is 2. The van der Waals surface area contributed by atoms with Gasteiger partial charge in [-0.2, -0.15) is 0 Å². The molecule has 0 saturated carbocycles. The predicted octanol–water partition coefficient (Wildman–Crippen LogP) is 4.38. The highest BCUT2D eigenvalue weighted by Gasteiger charge is 2.07. The summed E-state index contributed by atoms with van der Waals surface area (Å²) in [7, 11) is 1.65. The van der Waals surface area contributed by atoms with Crippen molar-refractivity contribution < 1.29 is 9.53 Å². The van der Waals surface area contributed by atoms with Gasteiger partial charge >= 0.3 is 0 Å². The number of ether oxygens (including phenoxy) is 1. The summed E-state index contributed by atoms with van der Waals surface area (Å²) in [6.07, 6.45) is 1.11. The minimum absolute atomic E-state index is 0.0375. The highest BCUT2D eigenvalue weighted by atomic mass is 32.1. The van der Waals surface area contributed by atoms with Crippen LogP contribution in [0.15, 0.2) is 53.9 Å². The molecule has 0 atom stereocenters. The number of rotatable bonds is 7. The van der Waals surface area contributed by atoms with Crippen molar-refractivity contribution in [2.75, 3.05) is 7.11 Å². The number of nitrogens with zero attached hydrogens (tertiary/aromatic N) is 1. The van der Waals surface area contributed by atoms with Gasteiger partial charge in [0, 0.05) is 29.6 Å². The van der Waals surface area contributed by atoms with Crippen molar-refractivity contribution >= 4 is 17.2 Å². The van der Waals surface area contributed by atoms with E-state index in [0.29, 0.717) is 19.4 Å². The van der Waals surface area contributed by atoms with Crippen molar-refractivity contribution in [3.05, 3.63) is 70.7 Å². The number of aromatic nitrogens is 1. The number of benzene rings is 2. The van der Waals surface area contributed by atoms with Crippen LogP contribution in [0.2, 0.25) is 0 Å². The maximum absolute atomic E-state index is 12.1. The molecule has 0 radical (unpaired) electrons. The Morgan fingerprint density at radius 1 is 1.15 bits per heavy atom. The number of carbonyl (C=O) groups excluding carboxylic acids is 1. The molecular formula is C21H22N2O2S. The average molecular weight is 366 g/mol. The van der Waals surface area contributed by atoms with Crippen molar-refractivity contribution in [2.45, 2.75) is 26.3 Å². The number of amides is 1. The number of methoxy groups -OCH3 is 1. The van der Waals surface area contributed by atoms with Gasteiger partial charge in [0.25, 0.3) is 0 Å². The molecule has 26 heavy (non-hydrogen) atoms. The Morgan fingerprint density at radius 3 is 2.62 bits per heavy atom. The second-order valence-electron chi connectivity index (χ2n) is 6.08. The van der Waals surface area contributed by atoms with E-state index in [2.05, 4.69) is 22.4 Å². The number of hydrogen-bond donors (Lipinski definition) is 1. The summed E-state index contributed by atoms with van der Waals surface area (Å²) < 4.78 is 5.32. The molecule has 3 rings (SSSR count). The summed E-state index contributed by atoms with van der Waals surface area (Å²) in [6.45, 7) is 2.52. The molecule has 5 heteroatoms. The molecule has 0 aliphatic heterocycles. The zero-order valence-electron chi connectivity index (χ0n) is 15.0. The van der Waals surface area contributed by atoms with Crippen LogP contribution in [0.3, 0.4) is 0 Å². The molecule has 0 bridgehead atoms. The summed E-state index contributed by atoms with van der Waals surface area (Å²) >= 11 is 1.64. The van der Waals surface area contributed by atoms with Gasteiger partial charge in [-0.25, -0.2) is 4.98 Å². The molecule has 0 saturated heterocycles. The van der Waals surface area contributed by atoms with Gasteiger partial charge < -0.3 is 10.1 Å². The normalized spacial score (nSPS) is 10.5. The molecule has 4 nitrogen and oxygen atoms in total. The average Bonchev–Trinajstić information content (AvgIpc) is 3.11. The van der Waals surface area contributed by atoms with E-state index >= 15 is 0 Å². The summed E-state index contributed by atoms with van der Waals surface area (Å²) in [5.41, 5.74) is 4.27. The van der Waals surface area contributed by atoms with E-state index in [4.69, 9.17) is 4.74 Å². The first-order valence-corrected chi connectivity index (χ1v) is 9.43. The molecule has 0 fully saturated rings. The smallest absolute Gasteiger partial charge is 0.220 e.